The SMILES string of the molecule is Cc1oncc1C(=O)NCC1CCCCN1CCn1nc2c(cc1=O)COCC2. The van der Waals surface area contributed by atoms with Gasteiger partial charge in [-0.1, -0.05) is 11.6 Å². The summed E-state index contributed by atoms with van der Waals surface area (Å²) in [7, 11) is 0. The molecule has 2 aliphatic heterocycles. The van der Waals surface area contributed by atoms with Gasteiger partial charge in [0.1, 0.15) is 11.3 Å². The maximum Gasteiger partial charge on any atom is 0.267 e. The van der Waals surface area contributed by atoms with Crippen LogP contribution in [0.25, 0.3) is 0 Å². The van der Waals surface area contributed by atoms with E-state index in [4.69, 9.17) is 9.26 Å². The predicted octanol–water partition coefficient (Wildman–Crippen LogP) is 0.897. The largest absolute Gasteiger partial charge is 0.376 e. The lowest BCUT2D eigenvalue weighted by molar-refractivity contribution is 0.0906. The van der Waals surface area contributed by atoms with E-state index >= 15 is 0 Å². The smallest absolute Gasteiger partial charge is 0.267 e. The van der Waals surface area contributed by atoms with E-state index < -0.39 is 0 Å². The van der Waals surface area contributed by atoms with Gasteiger partial charge in [-0.2, -0.15) is 5.10 Å². The quantitative estimate of drug-likeness (QED) is 0.767. The standard InChI is InChI=1S/C20H27N5O4/c1-14-17(12-22-29-14)20(27)21-11-16-4-2-3-6-24(16)7-8-25-19(26)10-15-13-28-9-5-18(15)23-25/h10,12,16H,2-9,11,13H2,1H3,(H,21,27). The van der Waals surface area contributed by atoms with Crippen LogP contribution in [0.1, 0.15) is 46.6 Å². The number of carbonyl (C=O) groups excluding carboxylic acids is 1. The average molecular weight is 401 g/mol. The van der Waals surface area contributed by atoms with E-state index in [2.05, 4.69) is 20.5 Å². The minimum absolute atomic E-state index is 0.0842. The number of amides is 1. The summed E-state index contributed by atoms with van der Waals surface area (Å²) in [6.45, 7) is 5.64. The van der Waals surface area contributed by atoms with Crippen LogP contribution in [0.5, 0.6) is 0 Å². The summed E-state index contributed by atoms with van der Waals surface area (Å²) in [6, 6.07) is 1.89. The molecular weight excluding hydrogens is 374 g/mol. The molecule has 0 radical (unpaired) electrons. The van der Waals surface area contributed by atoms with Gasteiger partial charge in [-0.3, -0.25) is 14.5 Å². The summed E-state index contributed by atoms with van der Waals surface area (Å²) >= 11 is 0. The van der Waals surface area contributed by atoms with Crippen molar-refractivity contribution in [1.29, 1.82) is 0 Å². The molecule has 2 aliphatic rings. The van der Waals surface area contributed by atoms with Gasteiger partial charge in [-0.05, 0) is 26.3 Å². The third-order valence-electron chi connectivity index (χ3n) is 5.75. The number of aryl methyl sites for hydroxylation is 1. The highest BCUT2D eigenvalue weighted by Crippen LogP contribution is 2.17. The van der Waals surface area contributed by atoms with E-state index in [0.717, 1.165) is 50.0 Å². The Kier molecular flexibility index (Phi) is 6.05. The van der Waals surface area contributed by atoms with Crippen LogP contribution in [-0.2, 0) is 24.3 Å². The van der Waals surface area contributed by atoms with Crippen LogP contribution in [0.3, 0.4) is 0 Å². The number of hydrogen-bond acceptors (Lipinski definition) is 7. The molecule has 9 nitrogen and oxygen atoms in total. The number of aromatic nitrogens is 3. The molecule has 0 spiro atoms. The molecule has 1 amide bonds. The van der Waals surface area contributed by atoms with E-state index in [0.29, 0.717) is 37.6 Å². The molecule has 2 aromatic heterocycles. The maximum atomic E-state index is 12.4. The second-order valence-corrected chi connectivity index (χ2v) is 7.67. The number of rotatable bonds is 6. The zero-order chi connectivity index (χ0) is 20.2. The molecule has 0 aromatic carbocycles. The molecule has 1 saturated heterocycles. The minimum Gasteiger partial charge on any atom is -0.376 e. The number of nitrogens with one attached hydrogen (secondary N) is 1. The van der Waals surface area contributed by atoms with E-state index in [-0.39, 0.29) is 17.5 Å². The molecule has 29 heavy (non-hydrogen) atoms. The Morgan fingerprint density at radius 1 is 1.34 bits per heavy atom. The minimum atomic E-state index is -0.163. The van der Waals surface area contributed by atoms with Crippen molar-refractivity contribution in [3.05, 3.63) is 45.2 Å². The van der Waals surface area contributed by atoms with E-state index in [1.54, 1.807) is 17.7 Å². The number of fused-ring (bicyclic) bond motifs is 1. The van der Waals surface area contributed by atoms with Gasteiger partial charge in [0.2, 0.25) is 0 Å². The third-order valence-corrected chi connectivity index (χ3v) is 5.75. The number of carbonyl (C=O) groups is 1. The second kappa shape index (κ2) is 8.87. The Hall–Kier alpha value is -2.52. The molecule has 4 rings (SSSR count). The predicted molar refractivity (Wildman–Crippen MR) is 105 cm³/mol. The first kappa shape index (κ1) is 19.8. The maximum absolute atomic E-state index is 12.4. The monoisotopic (exact) mass is 401 g/mol. The topological polar surface area (TPSA) is 102 Å². The third kappa shape index (κ3) is 4.56. The van der Waals surface area contributed by atoms with Gasteiger partial charge < -0.3 is 14.6 Å². The highest BCUT2D eigenvalue weighted by molar-refractivity contribution is 5.94. The molecule has 0 bridgehead atoms. The molecule has 2 aromatic rings. The fourth-order valence-electron chi connectivity index (χ4n) is 4.04. The van der Waals surface area contributed by atoms with Crippen LogP contribution in [0.2, 0.25) is 0 Å². The normalized spacial score (nSPS) is 19.7. The Balaban J connectivity index is 1.36. The van der Waals surface area contributed by atoms with Gasteiger partial charge in [0.05, 0.1) is 31.6 Å². The van der Waals surface area contributed by atoms with Crippen molar-refractivity contribution in [2.24, 2.45) is 0 Å². The van der Waals surface area contributed by atoms with E-state index in [1.165, 1.54) is 6.20 Å². The Bertz CT molecular complexity index is 922. The molecular formula is C20H27N5O4. The van der Waals surface area contributed by atoms with Gasteiger partial charge in [-0.25, -0.2) is 4.68 Å². The fraction of sp³-hybridized carbons (Fsp3) is 0.600. The molecule has 0 aliphatic carbocycles. The van der Waals surface area contributed by atoms with Crippen LogP contribution in [0.4, 0.5) is 0 Å². The van der Waals surface area contributed by atoms with Gasteiger partial charge in [0, 0.05) is 37.2 Å². The molecule has 156 valence electrons. The summed E-state index contributed by atoms with van der Waals surface area (Å²) in [5.41, 5.74) is 2.25. The van der Waals surface area contributed by atoms with Crippen LogP contribution >= 0.6 is 0 Å². The fourth-order valence-corrected chi connectivity index (χ4v) is 4.04. The van der Waals surface area contributed by atoms with Crippen molar-refractivity contribution in [3.8, 4) is 0 Å². The summed E-state index contributed by atoms with van der Waals surface area (Å²) in [5.74, 6) is 0.357. The van der Waals surface area contributed by atoms with Crippen molar-refractivity contribution in [2.75, 3.05) is 26.2 Å². The van der Waals surface area contributed by atoms with Crippen molar-refractivity contribution >= 4 is 5.91 Å². The Morgan fingerprint density at radius 3 is 3.07 bits per heavy atom. The molecule has 1 fully saturated rings. The lowest BCUT2D eigenvalue weighted by Crippen LogP contribution is -2.48. The van der Waals surface area contributed by atoms with Crippen LogP contribution in [0.15, 0.2) is 21.6 Å². The number of hydrogen-bond donors (Lipinski definition) is 1. The second-order valence-electron chi connectivity index (χ2n) is 7.67. The first-order chi connectivity index (χ1) is 14.1. The van der Waals surface area contributed by atoms with Crippen molar-refractivity contribution < 1.29 is 14.1 Å². The molecule has 4 heterocycles. The highest BCUT2D eigenvalue weighted by atomic mass is 16.5. The van der Waals surface area contributed by atoms with Gasteiger partial charge >= 0.3 is 0 Å². The molecule has 1 atom stereocenters. The van der Waals surface area contributed by atoms with Crippen molar-refractivity contribution in [2.45, 2.75) is 51.8 Å². The summed E-state index contributed by atoms with van der Waals surface area (Å²) in [6.07, 6.45) is 5.48. The molecule has 9 heteroatoms. The molecule has 1 unspecified atom stereocenters. The summed E-state index contributed by atoms with van der Waals surface area (Å²) in [4.78, 5) is 27.1. The summed E-state index contributed by atoms with van der Waals surface area (Å²) in [5, 5.41) is 11.2. The number of ether oxygens (including phenoxy) is 1. The number of likely N-dealkylation sites (tertiary alicyclic amines) is 1. The zero-order valence-corrected chi connectivity index (χ0v) is 16.7. The van der Waals surface area contributed by atoms with Gasteiger partial charge in [0.15, 0.2) is 0 Å². The Labute approximate surface area is 169 Å². The Morgan fingerprint density at radius 2 is 2.24 bits per heavy atom. The number of piperidine rings is 1. The lowest BCUT2D eigenvalue weighted by Gasteiger charge is -2.35. The zero-order valence-electron chi connectivity index (χ0n) is 16.7. The van der Waals surface area contributed by atoms with Crippen LogP contribution < -0.4 is 10.9 Å². The van der Waals surface area contributed by atoms with Gasteiger partial charge in [0.25, 0.3) is 11.5 Å². The average Bonchev–Trinajstić information content (AvgIpc) is 3.17. The van der Waals surface area contributed by atoms with Crippen molar-refractivity contribution in [3.63, 3.8) is 0 Å². The molecule has 1 N–H and O–H groups in total. The lowest BCUT2D eigenvalue weighted by atomic mass is 10.0. The van der Waals surface area contributed by atoms with Crippen LogP contribution in [0, 0.1) is 6.92 Å². The van der Waals surface area contributed by atoms with E-state index in [9.17, 15) is 9.59 Å². The first-order valence-corrected chi connectivity index (χ1v) is 10.2. The molecule has 0 saturated carbocycles. The van der Waals surface area contributed by atoms with E-state index in [1.807, 2.05) is 0 Å². The number of nitrogens with zero attached hydrogens (tertiary/aromatic N) is 4. The van der Waals surface area contributed by atoms with Crippen LogP contribution in [-0.4, -0.2) is 58.0 Å². The first-order valence-electron chi connectivity index (χ1n) is 10.2. The van der Waals surface area contributed by atoms with Gasteiger partial charge in [-0.15, -0.1) is 0 Å². The highest BCUT2D eigenvalue weighted by Gasteiger charge is 2.24. The van der Waals surface area contributed by atoms with Crippen molar-refractivity contribution in [1.82, 2.24) is 25.2 Å². The summed E-state index contributed by atoms with van der Waals surface area (Å²) < 4.78 is 11.9.